The summed E-state index contributed by atoms with van der Waals surface area (Å²) < 4.78 is 0. The average molecular weight is 659 g/mol. The van der Waals surface area contributed by atoms with E-state index in [9.17, 15) is 0 Å². The first-order chi connectivity index (χ1) is 25.6. The van der Waals surface area contributed by atoms with Gasteiger partial charge in [-0.05, 0) is 75.4 Å². The van der Waals surface area contributed by atoms with Crippen molar-refractivity contribution in [3.8, 4) is 24.3 Å². The Bertz CT molecular complexity index is 2870. The van der Waals surface area contributed by atoms with Crippen LogP contribution >= 0.6 is 0 Å². The largest absolute Gasteiger partial charge is 0.192 e. The van der Waals surface area contributed by atoms with Gasteiger partial charge in [0.05, 0.1) is 0 Å². The van der Waals surface area contributed by atoms with Gasteiger partial charge >= 0.3 is 0 Å². The lowest BCUT2D eigenvalue weighted by atomic mass is 9.90. The topological polar surface area (TPSA) is 95.2 Å². The van der Waals surface area contributed by atoms with Gasteiger partial charge in [-0.25, -0.2) is 0 Å². The second kappa shape index (κ2) is 13.3. The molecule has 0 saturated heterocycles. The van der Waals surface area contributed by atoms with E-state index in [1.165, 1.54) is 99.7 Å². The van der Waals surface area contributed by atoms with Crippen LogP contribution in [-0.4, -0.2) is 0 Å². The van der Waals surface area contributed by atoms with Gasteiger partial charge in [-0.2, -0.15) is 21.0 Å². The summed E-state index contributed by atoms with van der Waals surface area (Å²) in [6, 6.07) is 61.5. The first-order valence-corrected chi connectivity index (χ1v) is 16.8. The lowest BCUT2D eigenvalue weighted by molar-refractivity contribution is 1.46. The molecule has 0 spiro atoms. The molecular formula is C48H26N4. The first-order valence-electron chi connectivity index (χ1n) is 16.8. The minimum absolute atomic E-state index is 0.00187. The maximum Gasteiger partial charge on any atom is 0.136 e. The molecule has 0 unspecified atom stereocenters. The Balaban J connectivity index is 0.000000113. The molecule has 0 atom stereocenters. The molecule has 0 amide bonds. The maximum absolute atomic E-state index is 8.63. The van der Waals surface area contributed by atoms with Gasteiger partial charge in [0.25, 0.3) is 0 Å². The number of nitrogens with zero attached hydrogens (tertiary/aromatic N) is 4. The fraction of sp³-hybridized carbons (Fsp3) is 0. The van der Waals surface area contributed by atoms with Gasteiger partial charge in [-0.1, -0.05) is 158 Å². The molecule has 52 heavy (non-hydrogen) atoms. The Labute approximate surface area is 299 Å². The third kappa shape index (κ3) is 5.32. The van der Waals surface area contributed by atoms with Crippen molar-refractivity contribution in [2.24, 2.45) is 0 Å². The molecule has 4 nitrogen and oxygen atoms in total. The molecule has 4 heteroatoms. The van der Waals surface area contributed by atoms with Gasteiger partial charge < -0.3 is 0 Å². The molecule has 0 aliphatic carbocycles. The predicted octanol–water partition coefficient (Wildman–Crippen LogP) is 10.4. The number of benzene rings is 10. The molecule has 10 rings (SSSR count). The van der Waals surface area contributed by atoms with Crippen LogP contribution in [0.1, 0.15) is 0 Å². The Morgan fingerprint density at radius 1 is 0.269 bits per heavy atom. The SMILES string of the molecule is N#CC(C#N)=c1ccc(=C(C#N)C#N)cc1.c1cc2ccc3cccc4ccc(c1)c2c34.c1cc2cccc3c4cccc5cccc(c(c1)c23)c54. The molecule has 0 aliphatic heterocycles. The Hall–Kier alpha value is -7.76. The van der Waals surface area contributed by atoms with Crippen molar-refractivity contribution in [1.29, 1.82) is 21.0 Å². The van der Waals surface area contributed by atoms with Crippen molar-refractivity contribution in [3.63, 3.8) is 0 Å². The average Bonchev–Trinajstić information content (AvgIpc) is 3.21. The van der Waals surface area contributed by atoms with Crippen LogP contribution in [0.3, 0.4) is 0 Å². The number of rotatable bonds is 0. The molecule has 0 aliphatic rings. The third-order valence-corrected chi connectivity index (χ3v) is 9.69. The zero-order valence-electron chi connectivity index (χ0n) is 27.8. The summed E-state index contributed by atoms with van der Waals surface area (Å²) in [5.41, 5.74) is 0.00373. The van der Waals surface area contributed by atoms with E-state index < -0.39 is 0 Å². The minimum atomic E-state index is 0.00187. The van der Waals surface area contributed by atoms with E-state index in [0.29, 0.717) is 10.4 Å². The molecule has 0 radical (unpaired) electrons. The van der Waals surface area contributed by atoms with Crippen LogP contribution in [0.4, 0.5) is 0 Å². The van der Waals surface area contributed by atoms with Crippen LogP contribution in [0, 0.1) is 45.3 Å². The van der Waals surface area contributed by atoms with Crippen LogP contribution in [0.15, 0.2) is 158 Å². The van der Waals surface area contributed by atoms with E-state index in [4.69, 9.17) is 21.0 Å². The van der Waals surface area contributed by atoms with Gasteiger partial charge in [0.2, 0.25) is 0 Å². The Morgan fingerprint density at radius 2 is 0.500 bits per heavy atom. The molecule has 238 valence electrons. The highest BCUT2D eigenvalue weighted by atomic mass is 14.3. The van der Waals surface area contributed by atoms with Gasteiger partial charge in [-0.3, -0.25) is 0 Å². The second-order valence-electron chi connectivity index (χ2n) is 12.5. The molecule has 0 fully saturated rings. The summed E-state index contributed by atoms with van der Waals surface area (Å²) in [7, 11) is 0. The monoisotopic (exact) mass is 658 g/mol. The van der Waals surface area contributed by atoms with Crippen molar-refractivity contribution in [2.75, 3.05) is 0 Å². The highest BCUT2D eigenvalue weighted by Gasteiger charge is 2.11. The number of hydrogen-bond acceptors (Lipinski definition) is 4. The van der Waals surface area contributed by atoms with Crippen molar-refractivity contribution < 1.29 is 0 Å². The number of hydrogen-bond donors (Lipinski definition) is 0. The molecular weight excluding hydrogens is 633 g/mol. The highest BCUT2D eigenvalue weighted by Crippen LogP contribution is 2.39. The van der Waals surface area contributed by atoms with E-state index in [2.05, 4.69) is 133 Å². The van der Waals surface area contributed by atoms with Crippen LogP contribution in [0.25, 0.3) is 86.6 Å². The van der Waals surface area contributed by atoms with E-state index in [-0.39, 0.29) is 11.1 Å². The normalized spacial score (nSPS) is 10.6. The lowest BCUT2D eigenvalue weighted by Gasteiger charge is -2.13. The minimum Gasteiger partial charge on any atom is -0.192 e. The molecule has 0 bridgehead atoms. The molecule has 0 aromatic heterocycles. The summed E-state index contributed by atoms with van der Waals surface area (Å²) in [6.45, 7) is 0. The van der Waals surface area contributed by atoms with E-state index in [0.717, 1.165) is 0 Å². The van der Waals surface area contributed by atoms with Gasteiger partial charge in [0.15, 0.2) is 0 Å². The Kier molecular flexibility index (Phi) is 8.04. The van der Waals surface area contributed by atoms with Crippen LogP contribution in [0.5, 0.6) is 0 Å². The molecule has 10 aromatic carbocycles. The summed E-state index contributed by atoms with van der Waals surface area (Å²) in [6.07, 6.45) is 0. The van der Waals surface area contributed by atoms with Crippen LogP contribution < -0.4 is 10.4 Å². The standard InChI is InChI=1S/C20H12.C16H10.C12H4N4/c1-5-13-6-2-11-17-18-12-4-8-14-7-3-10-16(20(14)18)15(9-1)19(13)17;1-3-11-7-9-13-5-2-6-14-10-8-12(4-1)15(11)16(13)14;13-5-11(6-14)9-1-2-10(4-3-9)12(7-15)8-16/h1-12H;1-10H;1-4H. The number of nitriles is 4. The van der Waals surface area contributed by atoms with E-state index >= 15 is 0 Å². The van der Waals surface area contributed by atoms with E-state index in [1.54, 1.807) is 24.3 Å². The molecule has 0 N–H and O–H groups in total. The highest BCUT2D eigenvalue weighted by molar-refractivity contribution is 6.32. The molecule has 0 heterocycles. The molecule has 0 saturated carbocycles. The zero-order chi connectivity index (χ0) is 35.6. The summed E-state index contributed by atoms with van der Waals surface area (Å²) in [5, 5.41) is 54.5. The first kappa shape index (κ1) is 31.5. The van der Waals surface area contributed by atoms with Crippen molar-refractivity contribution in [3.05, 3.63) is 168 Å². The predicted molar refractivity (Wildman–Crippen MR) is 213 cm³/mol. The lowest BCUT2D eigenvalue weighted by Crippen LogP contribution is -2.11. The summed E-state index contributed by atoms with van der Waals surface area (Å²) >= 11 is 0. The van der Waals surface area contributed by atoms with Gasteiger partial charge in [-0.15, -0.1) is 0 Å². The van der Waals surface area contributed by atoms with Gasteiger partial charge in [0, 0.05) is 10.4 Å². The fourth-order valence-corrected chi connectivity index (χ4v) is 7.36. The molecule has 10 aromatic rings. The van der Waals surface area contributed by atoms with Crippen molar-refractivity contribution in [1.82, 2.24) is 0 Å². The van der Waals surface area contributed by atoms with Crippen molar-refractivity contribution >= 4 is 86.6 Å². The van der Waals surface area contributed by atoms with Crippen molar-refractivity contribution in [2.45, 2.75) is 0 Å². The second-order valence-corrected chi connectivity index (χ2v) is 12.5. The maximum atomic E-state index is 8.63. The zero-order valence-corrected chi connectivity index (χ0v) is 27.8. The smallest absolute Gasteiger partial charge is 0.136 e. The quantitative estimate of drug-likeness (QED) is 0.120. The fourth-order valence-electron chi connectivity index (χ4n) is 7.36. The van der Waals surface area contributed by atoms with Gasteiger partial charge in [0.1, 0.15) is 35.4 Å². The van der Waals surface area contributed by atoms with Crippen LogP contribution in [0.2, 0.25) is 0 Å². The Morgan fingerprint density at radius 3 is 0.750 bits per heavy atom. The van der Waals surface area contributed by atoms with Crippen LogP contribution in [-0.2, 0) is 0 Å². The third-order valence-electron chi connectivity index (χ3n) is 9.69. The van der Waals surface area contributed by atoms with E-state index in [1.807, 2.05) is 0 Å². The summed E-state index contributed by atoms with van der Waals surface area (Å²) in [5.74, 6) is 0. The number of fused-ring (bicyclic) bond motifs is 2. The summed E-state index contributed by atoms with van der Waals surface area (Å²) in [4.78, 5) is 0.